The van der Waals surface area contributed by atoms with Crippen LogP contribution in [0.25, 0.3) is 0 Å². The number of benzene rings is 1. The van der Waals surface area contributed by atoms with Crippen LogP contribution in [0.15, 0.2) is 18.2 Å². The number of carboxylic acids is 1. The molecule has 3 N–H and O–H groups in total. The summed E-state index contributed by atoms with van der Waals surface area (Å²) in [5, 5.41) is 9.79. The Kier molecular flexibility index (Phi) is 4.82. The average molecular weight is 256 g/mol. The van der Waals surface area contributed by atoms with Crippen LogP contribution in [0.3, 0.4) is 0 Å². The lowest BCUT2D eigenvalue weighted by Gasteiger charge is -2.23. The molecule has 17 heavy (non-hydrogen) atoms. The molecular weight excluding hydrogens is 238 g/mol. The lowest BCUT2D eigenvalue weighted by atomic mass is 9.82. The van der Waals surface area contributed by atoms with Crippen molar-refractivity contribution in [2.75, 3.05) is 5.73 Å². The van der Waals surface area contributed by atoms with Crippen molar-refractivity contribution < 1.29 is 9.90 Å². The third kappa shape index (κ3) is 2.91. The Labute approximate surface area is 107 Å². The average Bonchev–Trinajstić information content (AvgIpc) is 2.30. The molecule has 0 spiro atoms. The Bertz CT molecular complexity index is 402. The van der Waals surface area contributed by atoms with E-state index in [9.17, 15) is 9.90 Å². The standard InChI is InChI=1S/C13H18ClNO2/c1-3-8(4-2)11(13(16)17)9-6-5-7-10(14)12(9)15/h5-8,11H,3-4,15H2,1-2H3,(H,16,17). The van der Waals surface area contributed by atoms with Gasteiger partial charge in [-0.25, -0.2) is 0 Å². The second-order valence-electron chi connectivity index (χ2n) is 4.14. The first kappa shape index (κ1) is 13.8. The van der Waals surface area contributed by atoms with Crippen LogP contribution in [0.1, 0.15) is 38.2 Å². The fourth-order valence-corrected chi connectivity index (χ4v) is 2.36. The maximum atomic E-state index is 11.4. The molecule has 3 nitrogen and oxygen atoms in total. The molecule has 1 atom stereocenters. The van der Waals surface area contributed by atoms with Gasteiger partial charge in [-0.3, -0.25) is 4.79 Å². The van der Waals surface area contributed by atoms with Gasteiger partial charge in [-0.1, -0.05) is 50.4 Å². The van der Waals surface area contributed by atoms with Gasteiger partial charge in [0.05, 0.1) is 16.6 Å². The maximum Gasteiger partial charge on any atom is 0.311 e. The minimum atomic E-state index is -0.840. The molecule has 1 aromatic rings. The van der Waals surface area contributed by atoms with E-state index in [4.69, 9.17) is 17.3 Å². The zero-order valence-corrected chi connectivity index (χ0v) is 10.9. The van der Waals surface area contributed by atoms with Crippen molar-refractivity contribution in [2.24, 2.45) is 5.92 Å². The molecule has 0 saturated carbocycles. The van der Waals surface area contributed by atoms with E-state index < -0.39 is 11.9 Å². The van der Waals surface area contributed by atoms with Gasteiger partial charge in [-0.05, 0) is 17.5 Å². The predicted octanol–water partition coefficient (Wildman–Crippen LogP) is 3.53. The molecule has 0 aliphatic rings. The first-order valence-corrected chi connectivity index (χ1v) is 6.17. The Balaban J connectivity index is 3.23. The van der Waals surface area contributed by atoms with Crippen LogP contribution in [-0.4, -0.2) is 11.1 Å². The van der Waals surface area contributed by atoms with E-state index in [0.717, 1.165) is 12.8 Å². The topological polar surface area (TPSA) is 63.3 Å². The van der Waals surface area contributed by atoms with Crippen molar-refractivity contribution in [1.29, 1.82) is 0 Å². The molecule has 0 saturated heterocycles. The molecule has 0 radical (unpaired) electrons. The Morgan fingerprint density at radius 1 is 1.41 bits per heavy atom. The third-order valence-electron chi connectivity index (χ3n) is 3.21. The van der Waals surface area contributed by atoms with Gasteiger partial charge < -0.3 is 10.8 Å². The van der Waals surface area contributed by atoms with Gasteiger partial charge in [0.15, 0.2) is 0 Å². The lowest BCUT2D eigenvalue weighted by molar-refractivity contribution is -0.140. The van der Waals surface area contributed by atoms with Crippen molar-refractivity contribution in [3.63, 3.8) is 0 Å². The molecule has 1 rings (SSSR count). The molecule has 4 heteroatoms. The van der Waals surface area contributed by atoms with Gasteiger partial charge in [0, 0.05) is 0 Å². The summed E-state index contributed by atoms with van der Waals surface area (Å²) in [7, 11) is 0. The predicted molar refractivity (Wildman–Crippen MR) is 70.3 cm³/mol. The molecule has 0 aliphatic carbocycles. The number of carbonyl (C=O) groups is 1. The minimum Gasteiger partial charge on any atom is -0.481 e. The molecular formula is C13H18ClNO2. The Morgan fingerprint density at radius 2 is 2.00 bits per heavy atom. The molecule has 1 unspecified atom stereocenters. The molecule has 0 heterocycles. The highest BCUT2D eigenvalue weighted by Crippen LogP contribution is 2.36. The number of anilines is 1. The minimum absolute atomic E-state index is 0.0771. The number of nitrogen functional groups attached to an aromatic ring is 1. The SMILES string of the molecule is CCC(CC)C(C(=O)O)c1cccc(Cl)c1N. The van der Waals surface area contributed by atoms with Crippen LogP contribution >= 0.6 is 11.6 Å². The summed E-state index contributed by atoms with van der Waals surface area (Å²) in [4.78, 5) is 11.4. The van der Waals surface area contributed by atoms with E-state index >= 15 is 0 Å². The maximum absolute atomic E-state index is 11.4. The third-order valence-corrected chi connectivity index (χ3v) is 3.54. The van der Waals surface area contributed by atoms with Crippen LogP contribution < -0.4 is 5.73 Å². The van der Waals surface area contributed by atoms with Gasteiger partial charge >= 0.3 is 5.97 Å². The highest BCUT2D eigenvalue weighted by molar-refractivity contribution is 6.33. The summed E-state index contributed by atoms with van der Waals surface area (Å²) in [6.45, 7) is 3.98. The highest BCUT2D eigenvalue weighted by Gasteiger charge is 2.29. The van der Waals surface area contributed by atoms with E-state index in [2.05, 4.69) is 0 Å². The van der Waals surface area contributed by atoms with E-state index in [1.54, 1.807) is 18.2 Å². The summed E-state index contributed by atoms with van der Waals surface area (Å²) in [5.41, 5.74) is 6.88. The van der Waals surface area contributed by atoms with Crippen molar-refractivity contribution in [2.45, 2.75) is 32.6 Å². The highest BCUT2D eigenvalue weighted by atomic mass is 35.5. The summed E-state index contributed by atoms with van der Waals surface area (Å²) >= 11 is 5.94. The summed E-state index contributed by atoms with van der Waals surface area (Å²) in [6, 6.07) is 5.16. The van der Waals surface area contributed by atoms with Crippen molar-refractivity contribution in [1.82, 2.24) is 0 Å². The molecule has 0 fully saturated rings. The van der Waals surface area contributed by atoms with Crippen LogP contribution in [0.5, 0.6) is 0 Å². The first-order chi connectivity index (χ1) is 8.02. The first-order valence-electron chi connectivity index (χ1n) is 5.79. The number of para-hydroxylation sites is 1. The Hall–Kier alpha value is -1.22. The molecule has 94 valence electrons. The number of nitrogens with two attached hydrogens (primary N) is 1. The van der Waals surface area contributed by atoms with Gasteiger partial charge in [-0.15, -0.1) is 0 Å². The second-order valence-corrected chi connectivity index (χ2v) is 4.54. The number of carboxylic acid groups (broad SMARTS) is 1. The number of hydrogen-bond donors (Lipinski definition) is 2. The number of hydrogen-bond acceptors (Lipinski definition) is 2. The molecule has 0 bridgehead atoms. The van der Waals surface area contributed by atoms with Crippen molar-refractivity contribution in [3.8, 4) is 0 Å². The normalized spacial score (nSPS) is 12.7. The van der Waals surface area contributed by atoms with E-state index in [1.165, 1.54) is 0 Å². The van der Waals surface area contributed by atoms with Gasteiger partial charge in [0.2, 0.25) is 0 Å². The van der Waals surface area contributed by atoms with Crippen LogP contribution in [0, 0.1) is 5.92 Å². The molecule has 0 aromatic heterocycles. The summed E-state index contributed by atoms with van der Waals surface area (Å²) in [6.07, 6.45) is 1.61. The lowest BCUT2D eigenvalue weighted by Crippen LogP contribution is -2.22. The smallest absolute Gasteiger partial charge is 0.311 e. The molecule has 1 aromatic carbocycles. The second kappa shape index (κ2) is 5.92. The number of rotatable bonds is 5. The zero-order chi connectivity index (χ0) is 13.0. The molecule has 0 amide bonds. The molecule has 0 aliphatic heterocycles. The van der Waals surface area contributed by atoms with Gasteiger partial charge in [0.1, 0.15) is 0 Å². The van der Waals surface area contributed by atoms with E-state index in [0.29, 0.717) is 16.3 Å². The monoisotopic (exact) mass is 255 g/mol. The Morgan fingerprint density at radius 3 is 2.47 bits per heavy atom. The summed E-state index contributed by atoms with van der Waals surface area (Å²) in [5.74, 6) is -1.34. The summed E-state index contributed by atoms with van der Waals surface area (Å²) < 4.78 is 0. The van der Waals surface area contributed by atoms with Crippen molar-refractivity contribution in [3.05, 3.63) is 28.8 Å². The van der Waals surface area contributed by atoms with Crippen molar-refractivity contribution >= 4 is 23.3 Å². The van der Waals surface area contributed by atoms with Gasteiger partial charge in [-0.2, -0.15) is 0 Å². The number of aliphatic carboxylic acids is 1. The quantitative estimate of drug-likeness (QED) is 0.791. The van der Waals surface area contributed by atoms with Crippen LogP contribution in [0.2, 0.25) is 5.02 Å². The van der Waals surface area contributed by atoms with E-state index in [-0.39, 0.29) is 5.92 Å². The van der Waals surface area contributed by atoms with Gasteiger partial charge in [0.25, 0.3) is 0 Å². The number of halogens is 1. The van der Waals surface area contributed by atoms with E-state index in [1.807, 2.05) is 13.8 Å². The largest absolute Gasteiger partial charge is 0.481 e. The van der Waals surface area contributed by atoms with Crippen LogP contribution in [-0.2, 0) is 4.79 Å². The fraction of sp³-hybridized carbons (Fsp3) is 0.462. The van der Waals surface area contributed by atoms with Crippen LogP contribution in [0.4, 0.5) is 5.69 Å². The fourth-order valence-electron chi connectivity index (χ4n) is 2.17. The zero-order valence-electron chi connectivity index (χ0n) is 10.1.